The predicted molar refractivity (Wildman–Crippen MR) is 141 cm³/mol. The lowest BCUT2D eigenvalue weighted by Gasteiger charge is -2.38. The molecule has 0 spiro atoms. The molecule has 2 atom stereocenters. The van der Waals surface area contributed by atoms with Gasteiger partial charge in [-0.2, -0.15) is 0 Å². The number of amides is 2. The van der Waals surface area contributed by atoms with Crippen molar-refractivity contribution in [2.45, 2.75) is 31.9 Å². The molecule has 0 unspecified atom stereocenters. The van der Waals surface area contributed by atoms with Gasteiger partial charge in [0, 0.05) is 19.6 Å². The lowest BCUT2D eigenvalue weighted by Crippen LogP contribution is -2.53. The van der Waals surface area contributed by atoms with Gasteiger partial charge in [-0.15, -0.1) is 0 Å². The quantitative estimate of drug-likeness (QED) is 0.551. The van der Waals surface area contributed by atoms with E-state index in [2.05, 4.69) is 34.5 Å². The van der Waals surface area contributed by atoms with Crippen molar-refractivity contribution < 1.29 is 14.3 Å². The summed E-state index contributed by atoms with van der Waals surface area (Å²) in [7, 11) is 0. The smallest absolute Gasteiger partial charge is 0.262 e. The van der Waals surface area contributed by atoms with Gasteiger partial charge in [0.15, 0.2) is 6.10 Å². The Labute approximate surface area is 212 Å². The summed E-state index contributed by atoms with van der Waals surface area (Å²) in [6.45, 7) is 3.31. The molecule has 5 rings (SSSR count). The van der Waals surface area contributed by atoms with Gasteiger partial charge in [-0.25, -0.2) is 0 Å². The molecule has 1 saturated heterocycles. The Morgan fingerprint density at radius 3 is 2.33 bits per heavy atom. The van der Waals surface area contributed by atoms with Gasteiger partial charge in [0.1, 0.15) is 5.75 Å². The third kappa shape index (κ3) is 5.77. The molecular formula is C30H33N3O3. The average molecular weight is 484 g/mol. The van der Waals surface area contributed by atoms with Crippen LogP contribution in [0.15, 0.2) is 84.9 Å². The second-order valence-corrected chi connectivity index (χ2v) is 9.61. The molecule has 0 bridgehead atoms. The second kappa shape index (κ2) is 11.4. The summed E-state index contributed by atoms with van der Waals surface area (Å²) in [5, 5.41) is 2.99. The second-order valence-electron chi connectivity index (χ2n) is 9.61. The predicted octanol–water partition coefficient (Wildman–Crippen LogP) is 4.05. The van der Waals surface area contributed by atoms with Crippen molar-refractivity contribution in [3.8, 4) is 5.75 Å². The summed E-state index contributed by atoms with van der Waals surface area (Å²) < 4.78 is 6.05. The molecule has 1 N–H and O–H groups in total. The zero-order valence-electron chi connectivity index (χ0n) is 20.5. The minimum absolute atomic E-state index is 0.0746. The highest BCUT2D eigenvalue weighted by atomic mass is 16.5. The average Bonchev–Trinajstić information content (AvgIpc) is 2.93. The van der Waals surface area contributed by atoms with Crippen LogP contribution in [0.3, 0.4) is 0 Å². The van der Waals surface area contributed by atoms with Crippen molar-refractivity contribution >= 4 is 17.5 Å². The number of hydrogen-bond donors (Lipinski definition) is 1. The van der Waals surface area contributed by atoms with Crippen molar-refractivity contribution in [2.75, 3.05) is 31.1 Å². The fourth-order valence-corrected chi connectivity index (χ4v) is 5.13. The zero-order chi connectivity index (χ0) is 24.7. The molecule has 0 aliphatic carbocycles. The molecule has 36 heavy (non-hydrogen) atoms. The number of fused-ring (bicyclic) bond motifs is 1. The maximum Gasteiger partial charge on any atom is 0.262 e. The van der Waals surface area contributed by atoms with Gasteiger partial charge in [0.25, 0.3) is 5.91 Å². The van der Waals surface area contributed by atoms with Crippen molar-refractivity contribution in [2.24, 2.45) is 5.92 Å². The first-order chi connectivity index (χ1) is 17.7. The Kier molecular flexibility index (Phi) is 7.62. The highest BCUT2D eigenvalue weighted by Gasteiger charge is 2.37. The molecule has 0 saturated carbocycles. The number of benzene rings is 3. The molecule has 2 amide bonds. The van der Waals surface area contributed by atoms with Gasteiger partial charge >= 0.3 is 0 Å². The summed E-state index contributed by atoms with van der Waals surface area (Å²) in [6.07, 6.45) is 1.86. The highest BCUT2D eigenvalue weighted by molar-refractivity contribution is 5.98. The van der Waals surface area contributed by atoms with Gasteiger partial charge in [-0.3, -0.25) is 14.5 Å². The van der Waals surface area contributed by atoms with Crippen LogP contribution in [0.4, 0.5) is 5.69 Å². The lowest BCUT2D eigenvalue weighted by atomic mass is 9.95. The molecule has 1 fully saturated rings. The summed E-state index contributed by atoms with van der Waals surface area (Å²) in [4.78, 5) is 30.9. The van der Waals surface area contributed by atoms with Gasteiger partial charge in [-0.05, 0) is 49.1 Å². The lowest BCUT2D eigenvalue weighted by molar-refractivity contribution is -0.129. The van der Waals surface area contributed by atoms with E-state index < -0.39 is 6.10 Å². The third-order valence-electron chi connectivity index (χ3n) is 6.99. The zero-order valence-corrected chi connectivity index (χ0v) is 20.5. The standard InChI is InChI=1S/C30H33N3O3/c34-29(31-18-17-23-10-3-1-4-11-23)28-22-33(26-15-7-8-16-27(26)36-28)30(35)25-14-9-19-32(21-25)20-24-12-5-2-6-13-24/h1-8,10-13,15-16,25,28H,9,14,17-22H2,(H,31,34)/t25-,28+/m0/s1. The number of anilines is 1. The molecule has 3 aromatic rings. The summed E-state index contributed by atoms with van der Waals surface area (Å²) in [6, 6.07) is 28.0. The Hall–Kier alpha value is -3.64. The monoisotopic (exact) mass is 483 g/mol. The molecule has 6 nitrogen and oxygen atoms in total. The number of piperidine rings is 1. The normalized spacial score (nSPS) is 19.7. The number of ether oxygens (including phenoxy) is 1. The number of nitrogens with one attached hydrogen (secondary N) is 1. The minimum Gasteiger partial charge on any atom is -0.477 e. The van der Waals surface area contributed by atoms with E-state index in [1.165, 1.54) is 11.1 Å². The molecular weight excluding hydrogens is 450 g/mol. The maximum atomic E-state index is 13.8. The minimum atomic E-state index is -0.733. The summed E-state index contributed by atoms with van der Waals surface area (Å²) in [5.74, 6) is 0.367. The van der Waals surface area contributed by atoms with Crippen molar-refractivity contribution in [3.05, 3.63) is 96.1 Å². The first-order valence-electron chi connectivity index (χ1n) is 12.8. The number of hydrogen-bond acceptors (Lipinski definition) is 4. The van der Waals surface area contributed by atoms with Gasteiger partial charge in [-0.1, -0.05) is 72.8 Å². The van der Waals surface area contributed by atoms with Crippen LogP contribution in [-0.4, -0.2) is 49.0 Å². The number of carbonyl (C=O) groups excluding carboxylic acids is 2. The van der Waals surface area contributed by atoms with Gasteiger partial charge in [0.05, 0.1) is 18.2 Å². The molecule has 6 heteroatoms. The van der Waals surface area contributed by atoms with Crippen molar-refractivity contribution in [1.29, 1.82) is 0 Å². The van der Waals surface area contributed by atoms with E-state index in [0.717, 1.165) is 44.6 Å². The Morgan fingerprint density at radius 1 is 0.861 bits per heavy atom. The van der Waals surface area contributed by atoms with Crippen LogP contribution < -0.4 is 15.0 Å². The molecule has 3 aromatic carbocycles. The van der Waals surface area contributed by atoms with E-state index in [1.54, 1.807) is 4.90 Å². The van der Waals surface area contributed by atoms with Crippen LogP contribution in [0.25, 0.3) is 0 Å². The maximum absolute atomic E-state index is 13.8. The molecule has 186 valence electrons. The van der Waals surface area contributed by atoms with Crippen molar-refractivity contribution in [1.82, 2.24) is 10.2 Å². The van der Waals surface area contributed by atoms with Crippen LogP contribution in [0.2, 0.25) is 0 Å². The van der Waals surface area contributed by atoms with E-state index in [-0.39, 0.29) is 24.3 Å². The van der Waals surface area contributed by atoms with Crippen LogP contribution in [0.1, 0.15) is 24.0 Å². The molecule has 2 heterocycles. The third-order valence-corrected chi connectivity index (χ3v) is 6.99. The van der Waals surface area contributed by atoms with E-state index in [9.17, 15) is 9.59 Å². The molecule has 2 aliphatic heterocycles. The topological polar surface area (TPSA) is 61.9 Å². The van der Waals surface area contributed by atoms with Crippen molar-refractivity contribution in [3.63, 3.8) is 0 Å². The van der Waals surface area contributed by atoms with E-state index >= 15 is 0 Å². The Morgan fingerprint density at radius 2 is 1.56 bits per heavy atom. The SMILES string of the molecule is O=C(NCCc1ccccc1)[C@H]1CN(C(=O)[C@H]2CCCN(Cc3ccccc3)C2)c2ccccc2O1. The number of nitrogens with zero attached hydrogens (tertiary/aromatic N) is 2. The van der Waals surface area contributed by atoms with Crippen LogP contribution in [0, 0.1) is 5.92 Å². The first-order valence-corrected chi connectivity index (χ1v) is 12.8. The Balaban J connectivity index is 1.25. The van der Waals surface area contributed by atoms with E-state index in [1.807, 2.05) is 60.7 Å². The number of para-hydroxylation sites is 2. The number of rotatable bonds is 7. The highest BCUT2D eigenvalue weighted by Crippen LogP contribution is 2.35. The number of likely N-dealkylation sites (tertiary alicyclic amines) is 1. The fourth-order valence-electron chi connectivity index (χ4n) is 5.13. The number of carbonyl (C=O) groups is 2. The van der Waals surface area contributed by atoms with E-state index in [4.69, 9.17) is 4.74 Å². The summed E-state index contributed by atoms with van der Waals surface area (Å²) in [5.41, 5.74) is 3.17. The fraction of sp³-hybridized carbons (Fsp3) is 0.333. The van der Waals surface area contributed by atoms with Gasteiger partial charge in [0.2, 0.25) is 5.91 Å². The Bertz CT molecular complexity index is 1170. The molecule has 0 aromatic heterocycles. The van der Waals surface area contributed by atoms with Crippen LogP contribution in [-0.2, 0) is 22.6 Å². The summed E-state index contributed by atoms with van der Waals surface area (Å²) >= 11 is 0. The largest absolute Gasteiger partial charge is 0.477 e. The van der Waals surface area contributed by atoms with Crippen LogP contribution >= 0.6 is 0 Å². The molecule has 0 radical (unpaired) electrons. The first kappa shape index (κ1) is 24.1. The molecule has 2 aliphatic rings. The van der Waals surface area contributed by atoms with Crippen LogP contribution in [0.5, 0.6) is 5.75 Å². The van der Waals surface area contributed by atoms with Gasteiger partial charge < -0.3 is 15.0 Å². The van der Waals surface area contributed by atoms with E-state index in [0.29, 0.717) is 12.3 Å².